The van der Waals surface area contributed by atoms with Crippen molar-refractivity contribution in [2.75, 3.05) is 18.8 Å². The lowest BCUT2D eigenvalue weighted by Gasteiger charge is -2.16. The molecule has 6 heteroatoms. The molecule has 0 saturated carbocycles. The molecule has 122 valence electrons. The van der Waals surface area contributed by atoms with Gasteiger partial charge in [0, 0.05) is 44.6 Å². The number of aryl methyl sites for hydroxylation is 1. The number of likely N-dealkylation sites (tertiary alicyclic amines) is 1. The minimum Gasteiger partial charge on any atom is -0.384 e. The van der Waals surface area contributed by atoms with Crippen LogP contribution in [0.5, 0.6) is 0 Å². The van der Waals surface area contributed by atoms with E-state index in [0.717, 1.165) is 38.9 Å². The zero-order chi connectivity index (χ0) is 16.1. The molecule has 1 unspecified atom stereocenters. The first-order valence-corrected chi connectivity index (χ1v) is 8.16. The van der Waals surface area contributed by atoms with Gasteiger partial charge in [-0.2, -0.15) is 5.10 Å². The van der Waals surface area contributed by atoms with Crippen LogP contribution in [-0.2, 0) is 17.8 Å². The summed E-state index contributed by atoms with van der Waals surface area (Å²) in [5.41, 5.74) is 6.80. The third kappa shape index (κ3) is 4.31. The molecule has 6 nitrogen and oxygen atoms in total. The number of amides is 1. The molecule has 0 aromatic carbocycles. The number of pyridine rings is 1. The van der Waals surface area contributed by atoms with Crippen molar-refractivity contribution in [1.82, 2.24) is 19.7 Å². The summed E-state index contributed by atoms with van der Waals surface area (Å²) in [6.07, 6.45) is 8.99. The predicted octanol–water partition coefficient (Wildman–Crippen LogP) is 1.73. The highest BCUT2D eigenvalue weighted by Gasteiger charge is 2.25. The molecule has 0 bridgehead atoms. The Morgan fingerprint density at radius 2 is 2.30 bits per heavy atom. The van der Waals surface area contributed by atoms with Crippen molar-refractivity contribution in [3.8, 4) is 0 Å². The first kappa shape index (κ1) is 15.5. The molecule has 0 spiro atoms. The van der Waals surface area contributed by atoms with Crippen LogP contribution in [0.1, 0.15) is 24.8 Å². The van der Waals surface area contributed by atoms with Crippen LogP contribution in [-0.4, -0.2) is 38.7 Å². The SMILES string of the molecule is Nc1ccc(CC2CCN(C(=O)CCCn3cccn3)C2)cn1. The smallest absolute Gasteiger partial charge is 0.222 e. The Hall–Kier alpha value is -2.37. The van der Waals surface area contributed by atoms with Crippen molar-refractivity contribution in [3.05, 3.63) is 42.4 Å². The molecular formula is C17H23N5O. The molecule has 1 aliphatic heterocycles. The first-order valence-electron chi connectivity index (χ1n) is 8.16. The molecule has 3 heterocycles. The predicted molar refractivity (Wildman–Crippen MR) is 88.5 cm³/mol. The van der Waals surface area contributed by atoms with Gasteiger partial charge in [-0.3, -0.25) is 9.48 Å². The highest BCUT2D eigenvalue weighted by Crippen LogP contribution is 2.21. The van der Waals surface area contributed by atoms with Gasteiger partial charge in [0.25, 0.3) is 0 Å². The van der Waals surface area contributed by atoms with Crippen LogP contribution in [0.2, 0.25) is 0 Å². The number of carbonyl (C=O) groups excluding carboxylic acids is 1. The van der Waals surface area contributed by atoms with E-state index < -0.39 is 0 Å². The summed E-state index contributed by atoms with van der Waals surface area (Å²) in [6, 6.07) is 5.76. The zero-order valence-corrected chi connectivity index (χ0v) is 13.3. The number of aromatic nitrogens is 3. The fourth-order valence-electron chi connectivity index (χ4n) is 3.10. The number of nitrogen functional groups attached to an aromatic ring is 1. The van der Waals surface area contributed by atoms with E-state index in [1.54, 1.807) is 6.20 Å². The third-order valence-electron chi connectivity index (χ3n) is 4.35. The molecule has 0 aliphatic carbocycles. The Morgan fingerprint density at radius 3 is 3.04 bits per heavy atom. The first-order chi connectivity index (χ1) is 11.2. The minimum absolute atomic E-state index is 0.259. The van der Waals surface area contributed by atoms with Crippen molar-refractivity contribution in [3.63, 3.8) is 0 Å². The normalized spacial score (nSPS) is 17.6. The van der Waals surface area contributed by atoms with Crippen molar-refractivity contribution in [2.45, 2.75) is 32.2 Å². The summed E-state index contributed by atoms with van der Waals surface area (Å²) in [5.74, 6) is 1.33. The molecule has 2 aromatic heterocycles. The standard InChI is InChI=1S/C17H23N5O/c18-16-5-4-14(12-19-16)11-15-6-10-21(13-15)17(23)3-1-8-22-9-2-7-20-22/h2,4-5,7,9,12,15H,1,3,6,8,10-11,13H2,(H2,18,19). The molecule has 1 amide bonds. The number of nitrogens with zero attached hydrogens (tertiary/aromatic N) is 4. The lowest BCUT2D eigenvalue weighted by atomic mass is 10.00. The highest BCUT2D eigenvalue weighted by molar-refractivity contribution is 5.76. The highest BCUT2D eigenvalue weighted by atomic mass is 16.2. The molecule has 3 rings (SSSR count). The van der Waals surface area contributed by atoms with E-state index in [-0.39, 0.29) is 5.91 Å². The van der Waals surface area contributed by atoms with Crippen molar-refractivity contribution in [1.29, 1.82) is 0 Å². The molecule has 1 fully saturated rings. The van der Waals surface area contributed by atoms with Gasteiger partial charge >= 0.3 is 0 Å². The van der Waals surface area contributed by atoms with E-state index in [2.05, 4.69) is 10.1 Å². The molecule has 2 aromatic rings. The quantitative estimate of drug-likeness (QED) is 0.881. The summed E-state index contributed by atoms with van der Waals surface area (Å²) in [6.45, 7) is 2.52. The Morgan fingerprint density at radius 1 is 1.39 bits per heavy atom. The van der Waals surface area contributed by atoms with Crippen LogP contribution in [0.25, 0.3) is 0 Å². The van der Waals surface area contributed by atoms with Crippen LogP contribution < -0.4 is 5.73 Å². The summed E-state index contributed by atoms with van der Waals surface area (Å²) >= 11 is 0. The maximum absolute atomic E-state index is 12.3. The monoisotopic (exact) mass is 313 g/mol. The number of anilines is 1. The van der Waals surface area contributed by atoms with Crippen molar-refractivity contribution in [2.24, 2.45) is 5.92 Å². The Kier molecular flexibility index (Phi) is 4.90. The second-order valence-electron chi connectivity index (χ2n) is 6.16. The van der Waals surface area contributed by atoms with Gasteiger partial charge in [0.1, 0.15) is 5.82 Å². The summed E-state index contributed by atoms with van der Waals surface area (Å²) in [4.78, 5) is 18.4. The summed E-state index contributed by atoms with van der Waals surface area (Å²) < 4.78 is 1.87. The van der Waals surface area contributed by atoms with Gasteiger partial charge in [0.15, 0.2) is 0 Å². The number of carbonyl (C=O) groups is 1. The van der Waals surface area contributed by atoms with E-state index in [0.29, 0.717) is 18.2 Å². The molecule has 1 aliphatic rings. The van der Waals surface area contributed by atoms with Crippen LogP contribution in [0, 0.1) is 5.92 Å². The van der Waals surface area contributed by atoms with Gasteiger partial charge in [-0.1, -0.05) is 6.07 Å². The lowest BCUT2D eigenvalue weighted by molar-refractivity contribution is -0.130. The average Bonchev–Trinajstić information content (AvgIpc) is 3.21. The molecule has 1 saturated heterocycles. The molecule has 2 N–H and O–H groups in total. The number of nitrogens with two attached hydrogens (primary N) is 1. The van der Waals surface area contributed by atoms with Crippen LogP contribution in [0.15, 0.2) is 36.8 Å². The van der Waals surface area contributed by atoms with Gasteiger partial charge in [-0.05, 0) is 42.9 Å². The average molecular weight is 313 g/mol. The molecule has 23 heavy (non-hydrogen) atoms. The zero-order valence-electron chi connectivity index (χ0n) is 13.3. The maximum atomic E-state index is 12.3. The largest absolute Gasteiger partial charge is 0.384 e. The number of hydrogen-bond donors (Lipinski definition) is 1. The van der Waals surface area contributed by atoms with Crippen LogP contribution in [0.3, 0.4) is 0 Å². The van der Waals surface area contributed by atoms with Gasteiger partial charge < -0.3 is 10.6 Å². The Bertz CT molecular complexity index is 623. The van der Waals surface area contributed by atoms with Gasteiger partial charge in [-0.25, -0.2) is 4.98 Å². The van der Waals surface area contributed by atoms with E-state index in [4.69, 9.17) is 5.73 Å². The van der Waals surface area contributed by atoms with Gasteiger partial charge in [-0.15, -0.1) is 0 Å². The van der Waals surface area contributed by atoms with Gasteiger partial charge in [0.2, 0.25) is 5.91 Å². The molecule has 1 atom stereocenters. The van der Waals surface area contributed by atoms with Crippen molar-refractivity contribution < 1.29 is 4.79 Å². The van der Waals surface area contributed by atoms with E-state index >= 15 is 0 Å². The molecular weight excluding hydrogens is 290 g/mol. The lowest BCUT2D eigenvalue weighted by Crippen LogP contribution is -2.28. The van der Waals surface area contributed by atoms with E-state index in [1.807, 2.05) is 40.2 Å². The fraction of sp³-hybridized carbons (Fsp3) is 0.471. The topological polar surface area (TPSA) is 77.0 Å². The van der Waals surface area contributed by atoms with E-state index in [1.165, 1.54) is 5.56 Å². The maximum Gasteiger partial charge on any atom is 0.222 e. The Labute approximate surface area is 136 Å². The number of rotatable bonds is 6. The summed E-state index contributed by atoms with van der Waals surface area (Å²) in [5, 5.41) is 4.15. The van der Waals surface area contributed by atoms with Gasteiger partial charge in [0.05, 0.1) is 0 Å². The van der Waals surface area contributed by atoms with Crippen LogP contribution in [0.4, 0.5) is 5.82 Å². The van der Waals surface area contributed by atoms with Crippen LogP contribution >= 0.6 is 0 Å². The van der Waals surface area contributed by atoms with E-state index in [9.17, 15) is 4.79 Å². The third-order valence-corrected chi connectivity index (χ3v) is 4.35. The van der Waals surface area contributed by atoms with Crippen molar-refractivity contribution >= 4 is 11.7 Å². The second kappa shape index (κ2) is 7.26. The Balaban J connectivity index is 1.41. The fourth-order valence-corrected chi connectivity index (χ4v) is 3.10. The number of hydrogen-bond acceptors (Lipinski definition) is 4. The second-order valence-corrected chi connectivity index (χ2v) is 6.16. The summed E-state index contributed by atoms with van der Waals surface area (Å²) in [7, 11) is 0. The molecule has 0 radical (unpaired) electrons. The minimum atomic E-state index is 0.259.